The molecule has 2 aromatic rings. The number of benzene rings is 1. The summed E-state index contributed by atoms with van der Waals surface area (Å²) in [6.45, 7) is 11.4. The first kappa shape index (κ1) is 18.0. The molecule has 0 radical (unpaired) electrons. The van der Waals surface area contributed by atoms with Crippen molar-refractivity contribution < 1.29 is 4.79 Å². The van der Waals surface area contributed by atoms with Crippen LogP contribution in [0.25, 0.3) is 0 Å². The van der Waals surface area contributed by atoms with Gasteiger partial charge in [-0.25, -0.2) is 9.67 Å². The van der Waals surface area contributed by atoms with E-state index in [1.807, 2.05) is 38.1 Å². The number of carbonyl (C=O) groups is 1. The highest BCUT2D eigenvalue weighted by atomic mass is 16.1. The Balaban J connectivity index is 2.02. The van der Waals surface area contributed by atoms with Crippen molar-refractivity contribution in [1.29, 1.82) is 0 Å². The second-order valence-electron chi connectivity index (χ2n) is 6.30. The number of hydrogen-bond donors (Lipinski definition) is 1. The third-order valence-electron chi connectivity index (χ3n) is 4.36. The van der Waals surface area contributed by atoms with Crippen molar-refractivity contribution in [2.75, 3.05) is 11.4 Å². The van der Waals surface area contributed by atoms with Crippen molar-refractivity contribution in [2.24, 2.45) is 0 Å². The summed E-state index contributed by atoms with van der Waals surface area (Å²) in [6, 6.07) is 8.17. The van der Waals surface area contributed by atoms with Crippen LogP contribution in [-0.4, -0.2) is 39.3 Å². The average molecular weight is 329 g/mol. The number of nitrogens with one attached hydrogen (secondary N) is 1. The lowest BCUT2D eigenvalue weighted by molar-refractivity contribution is 0.0928. The Kier molecular flexibility index (Phi) is 5.95. The molecular formula is C18H27N5O. The van der Waals surface area contributed by atoms with E-state index < -0.39 is 0 Å². The van der Waals surface area contributed by atoms with Gasteiger partial charge >= 0.3 is 0 Å². The summed E-state index contributed by atoms with van der Waals surface area (Å²) in [5, 5.41) is 7.15. The van der Waals surface area contributed by atoms with Gasteiger partial charge in [-0.15, -0.1) is 0 Å². The molecule has 0 saturated heterocycles. The van der Waals surface area contributed by atoms with E-state index >= 15 is 0 Å². The van der Waals surface area contributed by atoms with E-state index in [1.54, 1.807) is 11.0 Å². The minimum atomic E-state index is -0.0754. The van der Waals surface area contributed by atoms with E-state index in [0.29, 0.717) is 11.6 Å². The van der Waals surface area contributed by atoms with Crippen LogP contribution in [0.4, 0.5) is 5.69 Å². The first-order chi connectivity index (χ1) is 11.4. The molecule has 0 spiro atoms. The summed E-state index contributed by atoms with van der Waals surface area (Å²) in [6.07, 6.45) is 3.16. The zero-order chi connectivity index (χ0) is 17.7. The first-order valence-corrected chi connectivity index (χ1v) is 8.45. The predicted octanol–water partition coefficient (Wildman–Crippen LogP) is 2.89. The zero-order valence-electron chi connectivity index (χ0n) is 15.1. The number of anilines is 1. The molecule has 1 aromatic heterocycles. The highest BCUT2D eigenvalue weighted by molar-refractivity contribution is 5.94. The number of nitrogens with zero attached hydrogens (tertiary/aromatic N) is 4. The number of rotatable bonds is 7. The van der Waals surface area contributed by atoms with E-state index in [0.717, 1.165) is 12.2 Å². The molecular weight excluding hydrogens is 302 g/mol. The minimum absolute atomic E-state index is 0.0345. The molecule has 6 heteroatoms. The molecule has 2 atom stereocenters. The number of carbonyl (C=O) groups excluding carboxylic acids is 1. The van der Waals surface area contributed by atoms with Crippen molar-refractivity contribution in [3.63, 3.8) is 0 Å². The third kappa shape index (κ3) is 4.13. The van der Waals surface area contributed by atoms with Crippen LogP contribution in [0, 0.1) is 0 Å². The van der Waals surface area contributed by atoms with Crippen LogP contribution in [-0.2, 0) is 0 Å². The number of amides is 1. The molecule has 130 valence electrons. The van der Waals surface area contributed by atoms with E-state index in [-0.39, 0.29) is 18.0 Å². The van der Waals surface area contributed by atoms with Gasteiger partial charge in [0.1, 0.15) is 12.7 Å². The number of aromatic nitrogens is 3. The van der Waals surface area contributed by atoms with Crippen molar-refractivity contribution in [2.45, 2.75) is 52.7 Å². The second kappa shape index (κ2) is 7.95. The van der Waals surface area contributed by atoms with Crippen molar-refractivity contribution in [3.8, 4) is 0 Å². The molecule has 6 nitrogen and oxygen atoms in total. The van der Waals surface area contributed by atoms with Crippen LogP contribution in [0.15, 0.2) is 36.9 Å². The summed E-state index contributed by atoms with van der Waals surface area (Å²) in [7, 11) is 0. The molecule has 0 aliphatic carbocycles. The van der Waals surface area contributed by atoms with Crippen molar-refractivity contribution in [3.05, 3.63) is 42.5 Å². The Labute approximate surface area is 143 Å². The van der Waals surface area contributed by atoms with Gasteiger partial charge in [0.05, 0.1) is 6.04 Å². The Bertz CT molecular complexity index is 636. The summed E-state index contributed by atoms with van der Waals surface area (Å²) < 4.78 is 1.75. The van der Waals surface area contributed by atoms with E-state index in [2.05, 4.69) is 41.1 Å². The Morgan fingerprint density at radius 1 is 1.21 bits per heavy atom. The van der Waals surface area contributed by atoms with E-state index in [4.69, 9.17) is 0 Å². The Morgan fingerprint density at radius 2 is 1.88 bits per heavy atom. The van der Waals surface area contributed by atoms with Crippen LogP contribution in [0.3, 0.4) is 0 Å². The van der Waals surface area contributed by atoms with Gasteiger partial charge in [-0.05, 0) is 58.9 Å². The lowest BCUT2D eigenvalue weighted by Crippen LogP contribution is -2.38. The van der Waals surface area contributed by atoms with Crippen LogP contribution in [0.2, 0.25) is 0 Å². The molecule has 0 saturated carbocycles. The van der Waals surface area contributed by atoms with Gasteiger partial charge in [0.25, 0.3) is 5.91 Å². The SMILES string of the molecule is CCN(c1ccc(C(=O)N[C@H](C)[C@H](C)n2cncn2)cc1)C(C)C. The highest BCUT2D eigenvalue weighted by Crippen LogP contribution is 2.18. The maximum atomic E-state index is 12.4. The molecule has 1 aromatic carbocycles. The second-order valence-corrected chi connectivity index (χ2v) is 6.30. The maximum absolute atomic E-state index is 12.4. The minimum Gasteiger partial charge on any atom is -0.369 e. The smallest absolute Gasteiger partial charge is 0.251 e. The third-order valence-corrected chi connectivity index (χ3v) is 4.36. The fraction of sp³-hybridized carbons (Fsp3) is 0.500. The largest absolute Gasteiger partial charge is 0.369 e. The van der Waals surface area contributed by atoms with Gasteiger partial charge in [0.15, 0.2) is 0 Å². The van der Waals surface area contributed by atoms with Gasteiger partial charge < -0.3 is 10.2 Å². The molecule has 1 heterocycles. The normalized spacial score (nSPS) is 13.6. The molecule has 0 fully saturated rings. The van der Waals surface area contributed by atoms with Crippen LogP contribution in [0.1, 0.15) is 51.0 Å². The Hall–Kier alpha value is -2.37. The van der Waals surface area contributed by atoms with Gasteiger partial charge in [-0.1, -0.05) is 0 Å². The molecule has 24 heavy (non-hydrogen) atoms. The molecule has 0 aliphatic rings. The quantitative estimate of drug-likeness (QED) is 0.848. The van der Waals surface area contributed by atoms with Gasteiger partial charge in [-0.3, -0.25) is 4.79 Å². The molecule has 0 aliphatic heterocycles. The first-order valence-electron chi connectivity index (χ1n) is 8.45. The van der Waals surface area contributed by atoms with Crippen LogP contribution in [0.5, 0.6) is 0 Å². The maximum Gasteiger partial charge on any atom is 0.251 e. The molecule has 0 unspecified atom stereocenters. The fourth-order valence-electron chi connectivity index (χ4n) is 2.72. The highest BCUT2D eigenvalue weighted by Gasteiger charge is 2.18. The van der Waals surface area contributed by atoms with Gasteiger partial charge in [0.2, 0.25) is 0 Å². The van der Waals surface area contributed by atoms with Crippen LogP contribution >= 0.6 is 0 Å². The lowest BCUT2D eigenvalue weighted by Gasteiger charge is -2.27. The fourth-order valence-corrected chi connectivity index (χ4v) is 2.72. The zero-order valence-corrected chi connectivity index (χ0v) is 15.1. The average Bonchev–Trinajstić information content (AvgIpc) is 3.09. The monoisotopic (exact) mass is 329 g/mol. The molecule has 0 bridgehead atoms. The Morgan fingerprint density at radius 3 is 2.38 bits per heavy atom. The number of hydrogen-bond acceptors (Lipinski definition) is 4. The molecule has 1 N–H and O–H groups in total. The van der Waals surface area contributed by atoms with Gasteiger partial charge in [0, 0.05) is 29.9 Å². The van der Waals surface area contributed by atoms with Gasteiger partial charge in [-0.2, -0.15) is 5.10 Å². The summed E-state index contributed by atoms with van der Waals surface area (Å²) >= 11 is 0. The topological polar surface area (TPSA) is 63.1 Å². The van der Waals surface area contributed by atoms with Crippen LogP contribution < -0.4 is 10.2 Å². The predicted molar refractivity (Wildman–Crippen MR) is 96.3 cm³/mol. The van der Waals surface area contributed by atoms with Crippen molar-refractivity contribution in [1.82, 2.24) is 20.1 Å². The standard InChI is InChI=1S/C18H27N5O/c1-6-22(13(2)3)17-9-7-16(8-10-17)18(24)21-14(4)15(5)23-12-19-11-20-23/h7-15H,6H2,1-5H3,(H,21,24)/t14-,15+/m1/s1. The van der Waals surface area contributed by atoms with E-state index in [9.17, 15) is 4.79 Å². The summed E-state index contributed by atoms with van der Waals surface area (Å²) in [5.74, 6) is -0.0754. The molecule has 2 rings (SSSR count). The summed E-state index contributed by atoms with van der Waals surface area (Å²) in [5.41, 5.74) is 1.80. The van der Waals surface area contributed by atoms with Crippen molar-refractivity contribution >= 4 is 11.6 Å². The lowest BCUT2D eigenvalue weighted by atomic mass is 10.1. The molecule has 1 amide bonds. The van der Waals surface area contributed by atoms with E-state index in [1.165, 1.54) is 6.33 Å². The summed E-state index contributed by atoms with van der Waals surface area (Å²) in [4.78, 5) is 18.7.